The summed E-state index contributed by atoms with van der Waals surface area (Å²) in [6.07, 6.45) is 0.482. The average Bonchev–Trinajstić information content (AvgIpc) is 3.31. The summed E-state index contributed by atoms with van der Waals surface area (Å²) in [6, 6.07) is 18.2. The zero-order valence-electron chi connectivity index (χ0n) is 21.1. The molecule has 0 amide bonds. The number of rotatable bonds is 10. The maximum absolute atomic E-state index is 13.0. The highest BCUT2D eigenvalue weighted by atomic mass is 16.5. The monoisotopic (exact) mass is 503 g/mol. The van der Waals surface area contributed by atoms with Crippen LogP contribution < -0.4 is 30.4 Å². The van der Waals surface area contributed by atoms with Crippen molar-refractivity contribution in [3.63, 3.8) is 0 Å². The molecular formula is C27H29N5O5. The van der Waals surface area contributed by atoms with Gasteiger partial charge in [0.2, 0.25) is 5.75 Å². The maximum atomic E-state index is 13.0. The minimum atomic E-state index is -0.399. The third kappa shape index (κ3) is 5.13. The van der Waals surface area contributed by atoms with Crippen LogP contribution in [0.15, 0.2) is 65.5 Å². The molecule has 37 heavy (non-hydrogen) atoms. The Morgan fingerprint density at radius 3 is 2.14 bits per heavy atom. The molecule has 0 fully saturated rings. The Morgan fingerprint density at radius 1 is 0.946 bits per heavy atom. The number of nitrogens with one attached hydrogen (secondary N) is 2. The van der Waals surface area contributed by atoms with Gasteiger partial charge in [0.15, 0.2) is 11.5 Å². The molecule has 0 radical (unpaired) electrons. The van der Waals surface area contributed by atoms with Crippen LogP contribution in [0.25, 0.3) is 5.69 Å². The molecule has 0 aliphatic carbocycles. The lowest BCUT2D eigenvalue weighted by Crippen LogP contribution is -2.16. The zero-order chi connectivity index (χ0) is 26.5. The Morgan fingerprint density at radius 2 is 1.57 bits per heavy atom. The average molecular weight is 504 g/mol. The summed E-state index contributed by atoms with van der Waals surface area (Å²) < 4.78 is 23.3. The fourth-order valence-corrected chi connectivity index (χ4v) is 4.20. The van der Waals surface area contributed by atoms with Crippen LogP contribution in [0.1, 0.15) is 28.4 Å². The predicted molar refractivity (Wildman–Crippen MR) is 140 cm³/mol. The highest BCUT2D eigenvalue weighted by molar-refractivity contribution is 5.94. The van der Waals surface area contributed by atoms with Gasteiger partial charge in [0.05, 0.1) is 28.4 Å². The van der Waals surface area contributed by atoms with Gasteiger partial charge < -0.3 is 24.7 Å². The largest absolute Gasteiger partial charge is 0.494 e. The van der Waals surface area contributed by atoms with Crippen LogP contribution in [0.4, 0.5) is 0 Å². The first-order chi connectivity index (χ1) is 17.9. The number of hydrogen-bond donors (Lipinski definition) is 3. The first kappa shape index (κ1) is 25.4. The Kier molecular flexibility index (Phi) is 7.47. The molecule has 1 aromatic heterocycles. The molecule has 4 N–H and O–H groups in total. The number of nitrogens with two attached hydrogens (primary N) is 1. The Labute approximate surface area is 214 Å². The van der Waals surface area contributed by atoms with Crippen LogP contribution in [-0.2, 0) is 6.42 Å². The van der Waals surface area contributed by atoms with E-state index in [0.29, 0.717) is 46.5 Å². The van der Waals surface area contributed by atoms with E-state index >= 15 is 0 Å². The van der Waals surface area contributed by atoms with Crippen LogP contribution in [0.3, 0.4) is 0 Å². The molecule has 1 heterocycles. The first-order valence-electron chi connectivity index (χ1n) is 11.5. The van der Waals surface area contributed by atoms with Gasteiger partial charge in [-0.05, 0) is 41.8 Å². The summed E-state index contributed by atoms with van der Waals surface area (Å²) in [7, 11) is 6.19. The molecule has 0 saturated carbocycles. The van der Waals surface area contributed by atoms with Crippen molar-refractivity contribution >= 4 is 5.84 Å². The van der Waals surface area contributed by atoms with Crippen LogP contribution >= 0.6 is 0 Å². The fraction of sp³-hybridized carbons (Fsp3) is 0.222. The summed E-state index contributed by atoms with van der Waals surface area (Å²) in [6.45, 7) is 0. The molecule has 0 aliphatic rings. The van der Waals surface area contributed by atoms with E-state index in [1.54, 1.807) is 52.7 Å². The fourth-order valence-electron chi connectivity index (χ4n) is 4.20. The molecule has 10 nitrogen and oxygen atoms in total. The molecule has 1 unspecified atom stereocenters. The summed E-state index contributed by atoms with van der Waals surface area (Å²) >= 11 is 0. The van der Waals surface area contributed by atoms with E-state index in [0.717, 1.165) is 11.1 Å². The number of H-pyrrole nitrogens is 1. The van der Waals surface area contributed by atoms with E-state index in [9.17, 15) is 4.79 Å². The van der Waals surface area contributed by atoms with Crippen LogP contribution in [0.5, 0.6) is 23.0 Å². The Hall–Kier alpha value is -4.73. The third-order valence-electron chi connectivity index (χ3n) is 6.07. The van der Waals surface area contributed by atoms with Crippen LogP contribution in [-0.4, -0.2) is 49.0 Å². The first-order valence-corrected chi connectivity index (χ1v) is 11.5. The standard InChI is InChI=1S/C27H29N5O5/c1-34-21-8-6-5-7-20(21)32-27(33)30-26(31-32)19(13-16-9-11-17(12-10-16)25(28)29)18-14-22(35-2)24(37-4)23(15-18)36-3/h5-12,14-15,19H,13H2,1-4H3,(H3,28,29)(H,30,31,33). The van der Waals surface area contributed by atoms with E-state index in [1.165, 1.54) is 4.68 Å². The normalized spacial score (nSPS) is 11.6. The molecule has 192 valence electrons. The van der Waals surface area contributed by atoms with Gasteiger partial charge in [0, 0.05) is 11.5 Å². The van der Waals surface area contributed by atoms with Gasteiger partial charge in [0.1, 0.15) is 23.1 Å². The molecule has 0 aliphatic heterocycles. The van der Waals surface area contributed by atoms with Crippen molar-refractivity contribution in [2.75, 3.05) is 28.4 Å². The number of aromatic nitrogens is 3. The summed E-state index contributed by atoms with van der Waals surface area (Å²) in [5.74, 6) is 2.01. The molecule has 0 saturated heterocycles. The van der Waals surface area contributed by atoms with Crippen molar-refractivity contribution in [3.05, 3.63) is 93.7 Å². The maximum Gasteiger partial charge on any atom is 0.348 e. The number of methoxy groups -OCH3 is 4. The Bertz CT molecular complexity index is 1430. The lowest BCUT2D eigenvalue weighted by Gasteiger charge is -2.19. The molecule has 4 rings (SSSR count). The van der Waals surface area contributed by atoms with E-state index in [1.807, 2.05) is 36.4 Å². The number of para-hydroxylation sites is 2. The Balaban J connectivity index is 1.86. The molecule has 0 spiro atoms. The number of benzene rings is 3. The molecule has 1 atom stereocenters. The quantitative estimate of drug-likeness (QED) is 0.223. The van der Waals surface area contributed by atoms with Crippen molar-refractivity contribution in [2.45, 2.75) is 12.3 Å². The molecule has 10 heteroatoms. The minimum absolute atomic E-state index is 0.00684. The second kappa shape index (κ2) is 10.9. The zero-order valence-corrected chi connectivity index (χ0v) is 21.1. The predicted octanol–water partition coefficient (Wildman–Crippen LogP) is 3.25. The molecular weight excluding hydrogens is 474 g/mol. The molecule has 0 bridgehead atoms. The van der Waals surface area contributed by atoms with Crippen molar-refractivity contribution < 1.29 is 18.9 Å². The van der Waals surface area contributed by atoms with Gasteiger partial charge in [0.25, 0.3) is 0 Å². The van der Waals surface area contributed by atoms with Gasteiger partial charge in [-0.3, -0.25) is 10.4 Å². The van der Waals surface area contributed by atoms with E-state index in [2.05, 4.69) is 10.1 Å². The summed E-state index contributed by atoms with van der Waals surface area (Å²) in [5.41, 5.74) is 8.12. The van der Waals surface area contributed by atoms with Crippen molar-refractivity contribution in [3.8, 4) is 28.7 Å². The van der Waals surface area contributed by atoms with Crippen LogP contribution in [0, 0.1) is 5.41 Å². The second-order valence-corrected chi connectivity index (χ2v) is 8.23. The smallest absolute Gasteiger partial charge is 0.348 e. The number of amidine groups is 1. The summed E-state index contributed by atoms with van der Waals surface area (Å²) in [4.78, 5) is 16.0. The minimum Gasteiger partial charge on any atom is -0.494 e. The van der Waals surface area contributed by atoms with Crippen molar-refractivity contribution in [2.24, 2.45) is 5.73 Å². The van der Waals surface area contributed by atoms with E-state index in [-0.39, 0.29) is 11.8 Å². The van der Waals surface area contributed by atoms with E-state index < -0.39 is 5.69 Å². The van der Waals surface area contributed by atoms with Crippen molar-refractivity contribution in [1.82, 2.24) is 14.8 Å². The highest BCUT2D eigenvalue weighted by Gasteiger charge is 2.25. The number of nitrogens with zero attached hydrogens (tertiary/aromatic N) is 2. The van der Waals surface area contributed by atoms with Crippen molar-refractivity contribution in [1.29, 1.82) is 5.41 Å². The van der Waals surface area contributed by atoms with Gasteiger partial charge in [-0.25, -0.2) is 4.79 Å². The molecule has 3 aromatic carbocycles. The van der Waals surface area contributed by atoms with Crippen LogP contribution in [0.2, 0.25) is 0 Å². The highest BCUT2D eigenvalue weighted by Crippen LogP contribution is 2.41. The third-order valence-corrected chi connectivity index (χ3v) is 6.07. The second-order valence-electron chi connectivity index (χ2n) is 8.23. The number of hydrogen-bond acceptors (Lipinski definition) is 7. The topological polar surface area (TPSA) is 137 Å². The van der Waals surface area contributed by atoms with Gasteiger partial charge >= 0.3 is 5.69 Å². The number of aromatic amines is 1. The SMILES string of the molecule is COc1ccccc1-n1nc(C(Cc2ccc(C(=N)N)cc2)c2cc(OC)c(OC)c(OC)c2)[nH]c1=O. The molecule has 4 aromatic rings. The van der Waals surface area contributed by atoms with E-state index in [4.69, 9.17) is 30.1 Å². The van der Waals surface area contributed by atoms with Gasteiger partial charge in [-0.1, -0.05) is 36.4 Å². The number of nitrogen functional groups attached to an aromatic ring is 1. The number of ether oxygens (including phenoxy) is 4. The van der Waals surface area contributed by atoms with Gasteiger partial charge in [-0.2, -0.15) is 4.68 Å². The lowest BCUT2D eigenvalue weighted by atomic mass is 9.90. The lowest BCUT2D eigenvalue weighted by molar-refractivity contribution is 0.323. The van der Waals surface area contributed by atoms with Gasteiger partial charge in [-0.15, -0.1) is 5.10 Å². The summed E-state index contributed by atoms with van der Waals surface area (Å²) in [5, 5.41) is 12.3.